The van der Waals surface area contributed by atoms with Crippen molar-refractivity contribution in [2.75, 3.05) is 19.7 Å². The highest BCUT2D eigenvalue weighted by atomic mass is 35.5. The van der Waals surface area contributed by atoms with Crippen molar-refractivity contribution < 1.29 is 23.9 Å². The topological polar surface area (TPSA) is 84.9 Å². The van der Waals surface area contributed by atoms with E-state index in [4.69, 9.17) is 21.1 Å². The number of alkyl carbamates (subject to hydrolysis) is 1. The van der Waals surface area contributed by atoms with Gasteiger partial charge >= 0.3 is 12.1 Å². The van der Waals surface area contributed by atoms with Crippen molar-refractivity contribution in [2.45, 2.75) is 72.4 Å². The van der Waals surface area contributed by atoms with Gasteiger partial charge in [-0.15, -0.1) is 0 Å². The Morgan fingerprint density at radius 2 is 1.81 bits per heavy atom. The molecule has 0 radical (unpaired) electrons. The van der Waals surface area contributed by atoms with Gasteiger partial charge in [0.15, 0.2) is 0 Å². The van der Waals surface area contributed by atoms with Gasteiger partial charge in [0.2, 0.25) is 5.91 Å². The van der Waals surface area contributed by atoms with Crippen molar-refractivity contribution >= 4 is 29.6 Å². The lowest BCUT2D eigenvalue weighted by molar-refractivity contribution is -0.155. The maximum absolute atomic E-state index is 13.3. The van der Waals surface area contributed by atoms with Gasteiger partial charge in [-0.1, -0.05) is 43.6 Å². The summed E-state index contributed by atoms with van der Waals surface area (Å²) in [5.41, 5.74) is 0.107. The summed E-state index contributed by atoms with van der Waals surface area (Å²) in [6, 6.07) is 6.45. The van der Waals surface area contributed by atoms with E-state index in [0.717, 1.165) is 0 Å². The number of rotatable bonds is 11. The normalized spacial score (nSPS) is 12.2. The van der Waals surface area contributed by atoms with Crippen molar-refractivity contribution in [3.8, 4) is 0 Å². The minimum absolute atomic E-state index is 0.0766. The third kappa shape index (κ3) is 10.4. The molecule has 1 aromatic rings. The molecular formula is C24H37ClN2O5. The van der Waals surface area contributed by atoms with Gasteiger partial charge in [0.1, 0.15) is 11.6 Å². The monoisotopic (exact) mass is 468 g/mol. The summed E-state index contributed by atoms with van der Waals surface area (Å²) in [5.74, 6) is -0.456. The molecule has 1 aromatic carbocycles. The van der Waals surface area contributed by atoms with Gasteiger partial charge in [0.05, 0.1) is 13.0 Å². The Bertz CT molecular complexity index is 761. The number of halogens is 1. The first kappa shape index (κ1) is 27.8. The van der Waals surface area contributed by atoms with Gasteiger partial charge in [-0.25, -0.2) is 9.59 Å². The Balaban J connectivity index is 2.95. The molecule has 1 N–H and O–H groups in total. The van der Waals surface area contributed by atoms with E-state index in [1.807, 2.05) is 19.9 Å². The molecule has 8 heteroatoms. The van der Waals surface area contributed by atoms with Gasteiger partial charge in [-0.2, -0.15) is 0 Å². The number of carbonyl (C=O) groups excluding carboxylic acids is 3. The van der Waals surface area contributed by atoms with Crippen molar-refractivity contribution in [3.05, 3.63) is 34.9 Å². The minimum Gasteiger partial charge on any atom is -0.464 e. The Kier molecular flexibility index (Phi) is 11.5. The Morgan fingerprint density at radius 1 is 1.16 bits per heavy atom. The lowest BCUT2D eigenvalue weighted by Crippen LogP contribution is -2.48. The second-order valence-electron chi connectivity index (χ2n) is 9.03. The molecule has 1 rings (SSSR count). The number of esters is 1. The summed E-state index contributed by atoms with van der Waals surface area (Å²) in [4.78, 5) is 39.4. The Morgan fingerprint density at radius 3 is 2.38 bits per heavy atom. The predicted molar refractivity (Wildman–Crippen MR) is 126 cm³/mol. The maximum atomic E-state index is 13.3. The number of nitrogens with one attached hydrogen (secondary N) is 1. The number of nitrogens with zero attached hydrogens (tertiary/aromatic N) is 1. The molecule has 0 aromatic heterocycles. The van der Waals surface area contributed by atoms with E-state index in [9.17, 15) is 14.4 Å². The summed E-state index contributed by atoms with van der Waals surface area (Å²) in [7, 11) is 0. The highest BCUT2D eigenvalue weighted by Crippen LogP contribution is 2.20. The van der Waals surface area contributed by atoms with Crippen LogP contribution in [0.2, 0.25) is 5.02 Å². The number of hydrogen-bond acceptors (Lipinski definition) is 5. The van der Waals surface area contributed by atoms with Crippen LogP contribution in [-0.2, 0) is 25.5 Å². The Labute approximate surface area is 196 Å². The standard InChI is InChI=1S/C24H37ClN2O5/c1-7-31-22(29)20(15-17(2)3)27(14-10-13-26-23(30)32-24(4,5)6)21(28)16-18-11-8-9-12-19(18)25/h8-9,11-12,17,20H,7,10,13-16H2,1-6H3,(H,26,30)/t20-/m0/s1. The molecule has 32 heavy (non-hydrogen) atoms. The molecule has 180 valence electrons. The summed E-state index contributed by atoms with van der Waals surface area (Å²) in [5, 5.41) is 3.19. The quantitative estimate of drug-likeness (QED) is 0.379. The second-order valence-corrected chi connectivity index (χ2v) is 9.44. The van der Waals surface area contributed by atoms with Crippen LogP contribution >= 0.6 is 11.6 Å². The molecule has 0 heterocycles. The first-order valence-corrected chi connectivity index (χ1v) is 11.5. The van der Waals surface area contributed by atoms with Gasteiger partial charge < -0.3 is 19.7 Å². The van der Waals surface area contributed by atoms with E-state index in [0.29, 0.717) is 30.0 Å². The Hall–Kier alpha value is -2.28. The highest BCUT2D eigenvalue weighted by Gasteiger charge is 2.31. The van der Waals surface area contributed by atoms with Gasteiger partial charge in [-0.3, -0.25) is 4.79 Å². The van der Waals surface area contributed by atoms with Crippen molar-refractivity contribution in [3.63, 3.8) is 0 Å². The van der Waals surface area contributed by atoms with Crippen LogP contribution in [0.1, 0.15) is 59.9 Å². The molecule has 0 bridgehead atoms. The first-order valence-electron chi connectivity index (χ1n) is 11.1. The fraction of sp³-hybridized carbons (Fsp3) is 0.625. The number of amides is 2. The molecule has 7 nitrogen and oxygen atoms in total. The average molecular weight is 469 g/mol. The van der Waals surface area contributed by atoms with E-state index in [2.05, 4.69) is 5.32 Å². The molecular weight excluding hydrogens is 432 g/mol. The molecule has 0 aliphatic rings. The molecule has 0 unspecified atom stereocenters. The van der Waals surface area contributed by atoms with E-state index in [1.54, 1.807) is 50.8 Å². The summed E-state index contributed by atoms with van der Waals surface area (Å²) < 4.78 is 10.5. The van der Waals surface area contributed by atoms with Crippen LogP contribution in [0.3, 0.4) is 0 Å². The van der Waals surface area contributed by atoms with Crippen molar-refractivity contribution in [2.24, 2.45) is 5.92 Å². The van der Waals surface area contributed by atoms with Crippen LogP contribution in [0, 0.1) is 5.92 Å². The average Bonchev–Trinajstić information content (AvgIpc) is 2.67. The molecule has 0 aliphatic heterocycles. The van der Waals surface area contributed by atoms with Crippen molar-refractivity contribution in [1.82, 2.24) is 10.2 Å². The molecule has 0 saturated carbocycles. The largest absolute Gasteiger partial charge is 0.464 e. The van der Waals surface area contributed by atoms with E-state index < -0.39 is 23.7 Å². The lowest BCUT2D eigenvalue weighted by Gasteiger charge is -2.31. The molecule has 0 saturated heterocycles. The van der Waals surface area contributed by atoms with E-state index in [1.165, 1.54) is 0 Å². The lowest BCUT2D eigenvalue weighted by atomic mass is 10.0. The number of benzene rings is 1. The van der Waals surface area contributed by atoms with Gasteiger partial charge in [0, 0.05) is 18.1 Å². The first-order chi connectivity index (χ1) is 14.9. The smallest absolute Gasteiger partial charge is 0.407 e. The number of ether oxygens (including phenoxy) is 2. The van der Waals surface area contributed by atoms with Crippen LogP contribution in [-0.4, -0.2) is 54.2 Å². The molecule has 0 fully saturated rings. The zero-order valence-electron chi connectivity index (χ0n) is 20.1. The third-order valence-electron chi connectivity index (χ3n) is 4.49. The summed E-state index contributed by atoms with van der Waals surface area (Å²) in [6.07, 6.45) is 0.497. The summed E-state index contributed by atoms with van der Waals surface area (Å²) in [6.45, 7) is 11.9. The predicted octanol–water partition coefficient (Wildman–Crippen LogP) is 4.60. The zero-order valence-corrected chi connectivity index (χ0v) is 20.8. The molecule has 0 spiro atoms. The van der Waals surface area contributed by atoms with Gasteiger partial charge in [0.25, 0.3) is 0 Å². The highest BCUT2D eigenvalue weighted by molar-refractivity contribution is 6.31. The maximum Gasteiger partial charge on any atom is 0.407 e. The van der Waals surface area contributed by atoms with E-state index in [-0.39, 0.29) is 31.4 Å². The van der Waals surface area contributed by atoms with Crippen LogP contribution < -0.4 is 5.32 Å². The molecule has 2 amide bonds. The summed E-state index contributed by atoms with van der Waals surface area (Å²) >= 11 is 6.24. The number of carbonyl (C=O) groups is 3. The zero-order chi connectivity index (χ0) is 24.3. The van der Waals surface area contributed by atoms with Crippen molar-refractivity contribution in [1.29, 1.82) is 0 Å². The molecule has 1 atom stereocenters. The second kappa shape index (κ2) is 13.3. The fourth-order valence-electron chi connectivity index (χ4n) is 3.15. The van der Waals surface area contributed by atoms with E-state index >= 15 is 0 Å². The van der Waals surface area contributed by atoms with Crippen LogP contribution in [0.4, 0.5) is 4.79 Å². The SMILES string of the molecule is CCOC(=O)[C@H](CC(C)C)N(CCCNC(=O)OC(C)(C)C)C(=O)Cc1ccccc1Cl. The van der Waals surface area contributed by atoms with Gasteiger partial charge in [-0.05, 0) is 58.1 Å². The fourth-order valence-corrected chi connectivity index (χ4v) is 3.35. The third-order valence-corrected chi connectivity index (χ3v) is 4.86. The minimum atomic E-state index is -0.702. The molecule has 0 aliphatic carbocycles. The van der Waals surface area contributed by atoms with Crippen LogP contribution in [0.25, 0.3) is 0 Å². The number of hydrogen-bond donors (Lipinski definition) is 1. The van der Waals surface area contributed by atoms with Crippen LogP contribution in [0.15, 0.2) is 24.3 Å². The van der Waals surface area contributed by atoms with Crippen LogP contribution in [0.5, 0.6) is 0 Å².